The standard InChI is InChI=1S/C18H30ClN5.HI/c1-3-20-18(21-10-9-16-7-8-17(19)23-14-16)22-11-13-24-12-5-4-6-15(24)2;/h7-8,14-15H,3-6,9-13H2,1-2H3,(H2,20,21,22);1H. The minimum atomic E-state index is 0. The van der Waals surface area contributed by atoms with Gasteiger partial charge in [0.1, 0.15) is 5.15 Å². The number of pyridine rings is 1. The number of likely N-dealkylation sites (tertiary alicyclic amines) is 1. The van der Waals surface area contributed by atoms with Crippen molar-refractivity contribution in [2.24, 2.45) is 4.99 Å². The van der Waals surface area contributed by atoms with Crippen molar-refractivity contribution >= 4 is 41.5 Å². The van der Waals surface area contributed by atoms with Crippen LogP contribution in [0.25, 0.3) is 0 Å². The van der Waals surface area contributed by atoms with E-state index < -0.39 is 0 Å². The van der Waals surface area contributed by atoms with Gasteiger partial charge in [0, 0.05) is 31.9 Å². The molecule has 0 saturated carbocycles. The smallest absolute Gasteiger partial charge is 0.191 e. The van der Waals surface area contributed by atoms with Gasteiger partial charge in [-0.05, 0) is 51.3 Å². The van der Waals surface area contributed by atoms with E-state index >= 15 is 0 Å². The Balaban J connectivity index is 0.00000312. The molecule has 2 N–H and O–H groups in total. The van der Waals surface area contributed by atoms with Crippen LogP contribution in [-0.2, 0) is 6.42 Å². The maximum Gasteiger partial charge on any atom is 0.191 e. The average molecular weight is 480 g/mol. The molecule has 1 fully saturated rings. The van der Waals surface area contributed by atoms with Crippen LogP contribution in [0.15, 0.2) is 23.3 Å². The fourth-order valence-electron chi connectivity index (χ4n) is 3.00. The summed E-state index contributed by atoms with van der Waals surface area (Å²) in [7, 11) is 0. The lowest BCUT2D eigenvalue weighted by molar-refractivity contribution is 0.166. The second kappa shape index (κ2) is 12.7. The van der Waals surface area contributed by atoms with E-state index in [0.717, 1.165) is 38.6 Å². The van der Waals surface area contributed by atoms with Crippen LogP contribution >= 0.6 is 35.6 Å². The van der Waals surface area contributed by atoms with Crippen LogP contribution in [0.4, 0.5) is 0 Å². The van der Waals surface area contributed by atoms with Crippen LogP contribution in [-0.4, -0.2) is 54.6 Å². The molecule has 1 aliphatic rings. The summed E-state index contributed by atoms with van der Waals surface area (Å²) in [6, 6.07) is 4.54. The molecule has 0 aliphatic carbocycles. The van der Waals surface area contributed by atoms with E-state index in [1.165, 1.54) is 31.4 Å². The van der Waals surface area contributed by atoms with Crippen molar-refractivity contribution in [1.82, 2.24) is 20.5 Å². The Morgan fingerprint density at radius 2 is 2.20 bits per heavy atom. The molecule has 1 atom stereocenters. The Hall–Kier alpha value is -0.600. The Labute approximate surface area is 174 Å². The van der Waals surface area contributed by atoms with Crippen LogP contribution in [0, 0.1) is 0 Å². The van der Waals surface area contributed by atoms with Crippen molar-refractivity contribution in [3.63, 3.8) is 0 Å². The highest BCUT2D eigenvalue weighted by molar-refractivity contribution is 14.0. The van der Waals surface area contributed by atoms with Gasteiger partial charge in [0.25, 0.3) is 0 Å². The average Bonchev–Trinajstić information content (AvgIpc) is 2.58. The normalized spacial score (nSPS) is 18.5. The number of piperidine rings is 1. The summed E-state index contributed by atoms with van der Waals surface area (Å²) in [4.78, 5) is 11.4. The molecule has 1 unspecified atom stereocenters. The lowest BCUT2D eigenvalue weighted by Crippen LogP contribution is -2.41. The number of nitrogens with one attached hydrogen (secondary N) is 2. The summed E-state index contributed by atoms with van der Waals surface area (Å²) in [6.07, 6.45) is 6.73. The molecule has 7 heteroatoms. The fourth-order valence-corrected chi connectivity index (χ4v) is 3.11. The third kappa shape index (κ3) is 8.55. The molecule has 0 radical (unpaired) electrons. The molecule has 5 nitrogen and oxygen atoms in total. The topological polar surface area (TPSA) is 52.6 Å². The molecule has 0 bridgehead atoms. The SMILES string of the molecule is CCNC(=NCCN1CCCCC1C)NCCc1ccc(Cl)nc1.I. The zero-order valence-corrected chi connectivity index (χ0v) is 18.4. The van der Waals surface area contributed by atoms with Crippen molar-refractivity contribution in [2.45, 2.75) is 45.6 Å². The van der Waals surface area contributed by atoms with Crippen molar-refractivity contribution in [3.05, 3.63) is 29.0 Å². The van der Waals surface area contributed by atoms with E-state index in [1.54, 1.807) is 0 Å². The number of guanidine groups is 1. The van der Waals surface area contributed by atoms with Gasteiger partial charge in [-0.2, -0.15) is 0 Å². The predicted octanol–water partition coefficient (Wildman–Crippen LogP) is 3.33. The number of nitrogens with zero attached hydrogens (tertiary/aromatic N) is 3. The van der Waals surface area contributed by atoms with Crippen LogP contribution in [0.2, 0.25) is 5.15 Å². The van der Waals surface area contributed by atoms with Crippen LogP contribution < -0.4 is 10.6 Å². The van der Waals surface area contributed by atoms with Gasteiger partial charge in [0.05, 0.1) is 6.54 Å². The minimum Gasteiger partial charge on any atom is -0.357 e. The van der Waals surface area contributed by atoms with Gasteiger partial charge < -0.3 is 10.6 Å². The van der Waals surface area contributed by atoms with Gasteiger partial charge in [-0.25, -0.2) is 4.98 Å². The Morgan fingerprint density at radius 3 is 2.88 bits per heavy atom. The van der Waals surface area contributed by atoms with E-state index in [1.807, 2.05) is 18.3 Å². The molecule has 142 valence electrons. The third-order valence-corrected chi connectivity index (χ3v) is 4.66. The van der Waals surface area contributed by atoms with E-state index in [2.05, 4.69) is 34.4 Å². The molecule has 1 aliphatic heterocycles. The van der Waals surface area contributed by atoms with Gasteiger partial charge in [-0.15, -0.1) is 24.0 Å². The maximum atomic E-state index is 5.81. The number of hydrogen-bond donors (Lipinski definition) is 2. The van der Waals surface area contributed by atoms with Crippen LogP contribution in [0.5, 0.6) is 0 Å². The first kappa shape index (κ1) is 22.4. The number of halogens is 2. The predicted molar refractivity (Wildman–Crippen MR) is 117 cm³/mol. The number of aromatic nitrogens is 1. The molecule has 1 saturated heterocycles. The molecular formula is C18H31ClIN5. The fraction of sp³-hybridized carbons (Fsp3) is 0.667. The molecule has 0 amide bonds. The largest absolute Gasteiger partial charge is 0.357 e. The minimum absolute atomic E-state index is 0. The molecular weight excluding hydrogens is 449 g/mol. The van der Waals surface area contributed by atoms with Gasteiger partial charge in [0.15, 0.2) is 5.96 Å². The third-order valence-electron chi connectivity index (χ3n) is 4.44. The van der Waals surface area contributed by atoms with Crippen molar-refractivity contribution in [3.8, 4) is 0 Å². The zero-order valence-electron chi connectivity index (χ0n) is 15.3. The van der Waals surface area contributed by atoms with Crippen molar-refractivity contribution < 1.29 is 0 Å². The molecule has 1 aromatic rings. The van der Waals surface area contributed by atoms with Gasteiger partial charge in [-0.3, -0.25) is 9.89 Å². The van der Waals surface area contributed by atoms with Gasteiger partial charge in [-0.1, -0.05) is 24.1 Å². The monoisotopic (exact) mass is 479 g/mol. The second-order valence-electron chi connectivity index (χ2n) is 6.31. The summed E-state index contributed by atoms with van der Waals surface area (Å²) in [6.45, 7) is 9.20. The van der Waals surface area contributed by atoms with Gasteiger partial charge >= 0.3 is 0 Å². The highest BCUT2D eigenvalue weighted by Crippen LogP contribution is 2.15. The van der Waals surface area contributed by atoms with E-state index in [-0.39, 0.29) is 24.0 Å². The van der Waals surface area contributed by atoms with Crippen LogP contribution in [0.1, 0.15) is 38.7 Å². The lowest BCUT2D eigenvalue weighted by Gasteiger charge is -2.32. The van der Waals surface area contributed by atoms with E-state index in [4.69, 9.17) is 16.6 Å². The summed E-state index contributed by atoms with van der Waals surface area (Å²) < 4.78 is 0. The highest BCUT2D eigenvalue weighted by atomic mass is 127. The summed E-state index contributed by atoms with van der Waals surface area (Å²) >= 11 is 5.81. The molecule has 0 spiro atoms. The second-order valence-corrected chi connectivity index (χ2v) is 6.69. The summed E-state index contributed by atoms with van der Waals surface area (Å²) in [5, 5.41) is 7.24. The number of aliphatic imine (C=N–C) groups is 1. The van der Waals surface area contributed by atoms with E-state index in [0.29, 0.717) is 11.2 Å². The van der Waals surface area contributed by atoms with E-state index in [9.17, 15) is 0 Å². The Morgan fingerprint density at radius 1 is 1.36 bits per heavy atom. The van der Waals surface area contributed by atoms with Crippen molar-refractivity contribution in [1.29, 1.82) is 0 Å². The molecule has 2 heterocycles. The Kier molecular flexibility index (Phi) is 11.4. The maximum absolute atomic E-state index is 5.81. The molecule has 0 aromatic carbocycles. The molecule has 1 aromatic heterocycles. The number of rotatable bonds is 7. The van der Waals surface area contributed by atoms with Crippen molar-refractivity contribution in [2.75, 3.05) is 32.7 Å². The molecule has 2 rings (SSSR count). The Bertz CT molecular complexity index is 509. The highest BCUT2D eigenvalue weighted by Gasteiger charge is 2.17. The first-order valence-electron chi connectivity index (χ1n) is 9.05. The first-order valence-corrected chi connectivity index (χ1v) is 9.43. The quantitative estimate of drug-likeness (QED) is 0.273. The summed E-state index contributed by atoms with van der Waals surface area (Å²) in [5.41, 5.74) is 1.17. The van der Waals surface area contributed by atoms with Crippen LogP contribution in [0.3, 0.4) is 0 Å². The molecule has 25 heavy (non-hydrogen) atoms. The zero-order chi connectivity index (χ0) is 17.2. The first-order chi connectivity index (χ1) is 11.7. The summed E-state index contributed by atoms with van der Waals surface area (Å²) in [5.74, 6) is 0.893. The lowest BCUT2D eigenvalue weighted by atomic mass is 10.0. The van der Waals surface area contributed by atoms with Gasteiger partial charge in [0.2, 0.25) is 0 Å². The number of hydrogen-bond acceptors (Lipinski definition) is 3.